The molecule has 28 heavy (non-hydrogen) atoms. The number of carbonyl (C=O) groups excluding carboxylic acids is 1. The lowest BCUT2D eigenvalue weighted by Crippen LogP contribution is -2.54. The quantitative estimate of drug-likeness (QED) is 0.473. The summed E-state index contributed by atoms with van der Waals surface area (Å²) in [6.07, 6.45) is 16.0. The minimum atomic E-state index is 0.334. The Balaban J connectivity index is 1.48. The summed E-state index contributed by atoms with van der Waals surface area (Å²) in [6.45, 7) is 12.5. The van der Waals surface area contributed by atoms with Crippen LogP contribution in [-0.2, 0) is 4.79 Å². The highest BCUT2D eigenvalue weighted by Crippen LogP contribution is 2.68. The van der Waals surface area contributed by atoms with Crippen LogP contribution in [0.2, 0.25) is 0 Å². The molecule has 4 saturated carbocycles. The number of carbonyl (C=O) groups is 1. The molecular weight excluding hydrogens is 340 g/mol. The van der Waals surface area contributed by atoms with Gasteiger partial charge in [0, 0.05) is 12.3 Å². The summed E-state index contributed by atoms with van der Waals surface area (Å²) in [5.41, 5.74) is 0.917. The maximum atomic E-state index is 12.7. The van der Waals surface area contributed by atoms with Crippen molar-refractivity contribution in [3.63, 3.8) is 0 Å². The van der Waals surface area contributed by atoms with Crippen LogP contribution in [0.15, 0.2) is 0 Å². The van der Waals surface area contributed by atoms with Crippen LogP contribution in [0, 0.1) is 52.3 Å². The molecule has 0 amide bonds. The third-order valence-electron chi connectivity index (χ3n) is 10.6. The Bertz CT molecular complexity index is 579. The first kappa shape index (κ1) is 20.9. The van der Waals surface area contributed by atoms with Crippen LogP contribution < -0.4 is 0 Å². The van der Waals surface area contributed by atoms with E-state index in [1.807, 2.05) is 0 Å². The zero-order valence-electron chi connectivity index (χ0n) is 19.4. The van der Waals surface area contributed by atoms with E-state index < -0.39 is 0 Å². The van der Waals surface area contributed by atoms with Gasteiger partial charge in [-0.05, 0) is 97.7 Å². The first-order chi connectivity index (χ1) is 13.3. The van der Waals surface area contributed by atoms with Crippen molar-refractivity contribution < 1.29 is 4.79 Å². The third-order valence-corrected chi connectivity index (χ3v) is 10.6. The van der Waals surface area contributed by atoms with Crippen molar-refractivity contribution in [3.05, 3.63) is 0 Å². The number of Topliss-reactive ketones (excluding diaryl/α,β-unsaturated/α-hetero) is 1. The summed E-state index contributed by atoms with van der Waals surface area (Å²) >= 11 is 0. The predicted molar refractivity (Wildman–Crippen MR) is 118 cm³/mol. The molecule has 4 rings (SSSR count). The van der Waals surface area contributed by atoms with Gasteiger partial charge in [0.25, 0.3) is 0 Å². The van der Waals surface area contributed by atoms with Gasteiger partial charge in [-0.25, -0.2) is 0 Å². The molecule has 4 aliphatic carbocycles. The zero-order chi connectivity index (χ0) is 20.1. The average Bonchev–Trinajstić information content (AvgIpc) is 2.98. The molecule has 0 radical (unpaired) electrons. The Morgan fingerprint density at radius 2 is 1.64 bits per heavy atom. The molecule has 0 heterocycles. The molecule has 8 atom stereocenters. The van der Waals surface area contributed by atoms with E-state index in [1.54, 1.807) is 0 Å². The van der Waals surface area contributed by atoms with E-state index in [0.717, 1.165) is 48.3 Å². The lowest BCUT2D eigenvalue weighted by Gasteiger charge is -2.60. The number of fused-ring (bicyclic) bond motifs is 5. The summed E-state index contributed by atoms with van der Waals surface area (Å²) in [6, 6.07) is 0. The molecule has 4 aliphatic rings. The van der Waals surface area contributed by atoms with Crippen LogP contribution >= 0.6 is 0 Å². The van der Waals surface area contributed by atoms with Crippen molar-refractivity contribution in [2.45, 2.75) is 112 Å². The molecule has 0 aromatic heterocycles. The molecule has 1 nitrogen and oxygen atoms in total. The largest absolute Gasteiger partial charge is 0.299 e. The normalized spacial score (nSPS) is 46.8. The monoisotopic (exact) mass is 386 g/mol. The number of hydrogen-bond acceptors (Lipinski definition) is 1. The van der Waals surface area contributed by atoms with Crippen molar-refractivity contribution in [1.29, 1.82) is 0 Å². The summed E-state index contributed by atoms with van der Waals surface area (Å²) in [4.78, 5) is 12.7. The highest BCUT2D eigenvalue weighted by molar-refractivity contribution is 5.82. The average molecular weight is 387 g/mol. The van der Waals surface area contributed by atoms with E-state index in [4.69, 9.17) is 0 Å². The van der Waals surface area contributed by atoms with Gasteiger partial charge in [-0.2, -0.15) is 0 Å². The topological polar surface area (TPSA) is 17.1 Å². The Morgan fingerprint density at radius 3 is 2.39 bits per heavy atom. The van der Waals surface area contributed by atoms with E-state index in [2.05, 4.69) is 34.6 Å². The predicted octanol–water partition coefficient (Wildman–Crippen LogP) is 7.68. The molecule has 6 unspecified atom stereocenters. The fourth-order valence-corrected chi connectivity index (χ4v) is 9.19. The van der Waals surface area contributed by atoms with Gasteiger partial charge >= 0.3 is 0 Å². The molecule has 4 fully saturated rings. The van der Waals surface area contributed by atoms with Crippen LogP contribution in [0.25, 0.3) is 0 Å². The second-order valence-corrected chi connectivity index (χ2v) is 12.4. The van der Waals surface area contributed by atoms with Gasteiger partial charge in [0.15, 0.2) is 0 Å². The SMILES string of the molecule is CC(C)CCC[C@@H](C)C1CCC2C3CC[C@H]4C(=O)CCCC4(C)C3CCC21C. The third kappa shape index (κ3) is 3.31. The fourth-order valence-electron chi connectivity index (χ4n) is 9.19. The summed E-state index contributed by atoms with van der Waals surface area (Å²) in [5, 5.41) is 0. The minimum absolute atomic E-state index is 0.334. The molecule has 0 aromatic rings. The van der Waals surface area contributed by atoms with Gasteiger partial charge in [-0.15, -0.1) is 0 Å². The van der Waals surface area contributed by atoms with Crippen LogP contribution in [0.5, 0.6) is 0 Å². The maximum Gasteiger partial charge on any atom is 0.136 e. The number of ketones is 1. The van der Waals surface area contributed by atoms with Crippen molar-refractivity contribution in [1.82, 2.24) is 0 Å². The Morgan fingerprint density at radius 1 is 0.893 bits per heavy atom. The first-order valence-electron chi connectivity index (χ1n) is 12.8. The van der Waals surface area contributed by atoms with Crippen molar-refractivity contribution in [2.75, 3.05) is 0 Å². The minimum Gasteiger partial charge on any atom is -0.299 e. The maximum absolute atomic E-state index is 12.7. The van der Waals surface area contributed by atoms with E-state index in [0.29, 0.717) is 22.5 Å². The highest BCUT2D eigenvalue weighted by Gasteiger charge is 2.61. The molecule has 0 aliphatic heterocycles. The molecule has 0 bridgehead atoms. The Hall–Kier alpha value is -0.330. The molecule has 0 spiro atoms. The standard InChI is InChI=1S/C27H46O/c1-18(2)8-6-9-19(3)21-13-14-22-20-11-12-24-25(28)10-7-16-26(24,4)23(20)15-17-27(21,22)5/h18-24H,6-17H2,1-5H3/t19-,20?,21?,22?,23?,24+,26?,27?/m1/s1. The highest BCUT2D eigenvalue weighted by atomic mass is 16.1. The van der Waals surface area contributed by atoms with Crippen LogP contribution in [0.3, 0.4) is 0 Å². The molecule has 0 aromatic carbocycles. The lowest BCUT2D eigenvalue weighted by atomic mass is 9.44. The number of hydrogen-bond donors (Lipinski definition) is 0. The fraction of sp³-hybridized carbons (Fsp3) is 0.963. The molecule has 1 heteroatoms. The summed E-state index contributed by atoms with van der Waals surface area (Å²) in [5.74, 6) is 6.41. The van der Waals surface area contributed by atoms with Gasteiger partial charge < -0.3 is 0 Å². The van der Waals surface area contributed by atoms with Crippen LogP contribution in [0.1, 0.15) is 112 Å². The first-order valence-corrected chi connectivity index (χ1v) is 12.8. The van der Waals surface area contributed by atoms with Crippen LogP contribution in [0.4, 0.5) is 0 Å². The Labute approximate surface area is 174 Å². The lowest BCUT2D eigenvalue weighted by molar-refractivity contribution is -0.149. The van der Waals surface area contributed by atoms with Crippen molar-refractivity contribution >= 4 is 5.78 Å². The van der Waals surface area contributed by atoms with Gasteiger partial charge in [0.05, 0.1) is 0 Å². The molecule has 0 saturated heterocycles. The van der Waals surface area contributed by atoms with Crippen molar-refractivity contribution in [3.8, 4) is 0 Å². The smallest absolute Gasteiger partial charge is 0.136 e. The van der Waals surface area contributed by atoms with Gasteiger partial charge in [0.2, 0.25) is 0 Å². The number of rotatable bonds is 5. The molecule has 160 valence electrons. The van der Waals surface area contributed by atoms with E-state index >= 15 is 0 Å². The van der Waals surface area contributed by atoms with Gasteiger partial charge in [-0.3, -0.25) is 4.79 Å². The summed E-state index contributed by atoms with van der Waals surface area (Å²) < 4.78 is 0. The van der Waals surface area contributed by atoms with Gasteiger partial charge in [0.1, 0.15) is 5.78 Å². The molecule has 0 N–H and O–H groups in total. The van der Waals surface area contributed by atoms with Gasteiger partial charge in [-0.1, -0.05) is 53.9 Å². The van der Waals surface area contributed by atoms with E-state index in [-0.39, 0.29) is 0 Å². The zero-order valence-corrected chi connectivity index (χ0v) is 19.4. The van der Waals surface area contributed by atoms with Crippen LogP contribution in [-0.4, -0.2) is 5.78 Å². The van der Waals surface area contributed by atoms with E-state index in [1.165, 1.54) is 64.2 Å². The Kier molecular flexibility index (Phi) is 5.78. The second-order valence-electron chi connectivity index (χ2n) is 12.4. The van der Waals surface area contributed by atoms with Crippen molar-refractivity contribution in [2.24, 2.45) is 52.3 Å². The second kappa shape index (κ2) is 7.73. The van der Waals surface area contributed by atoms with E-state index in [9.17, 15) is 4.79 Å². The summed E-state index contributed by atoms with van der Waals surface area (Å²) in [7, 11) is 0. The molecular formula is C27H46O.